The number of allylic oxidation sites excluding steroid dienone is 1. The average molecular weight is 621 g/mol. The lowest BCUT2D eigenvalue weighted by molar-refractivity contribution is -0.137. The molecule has 0 amide bonds. The van der Waals surface area contributed by atoms with Gasteiger partial charge in [-0.25, -0.2) is 14.0 Å². The average Bonchev–Trinajstić information content (AvgIpc) is 3.05. The van der Waals surface area contributed by atoms with Gasteiger partial charge in [-0.3, -0.25) is 0 Å². The second-order valence-electron chi connectivity index (χ2n) is 10.4. The number of aryl methyl sites for hydroxylation is 1. The third-order valence-electron chi connectivity index (χ3n) is 7.25. The Labute approximate surface area is 259 Å². The summed E-state index contributed by atoms with van der Waals surface area (Å²) in [6, 6.07) is 23.1. The molecule has 0 spiro atoms. The van der Waals surface area contributed by atoms with Gasteiger partial charge < -0.3 is 14.2 Å². The van der Waals surface area contributed by atoms with Gasteiger partial charge in [0.25, 0.3) is 0 Å². The van der Waals surface area contributed by atoms with E-state index in [9.17, 15) is 27.2 Å². The summed E-state index contributed by atoms with van der Waals surface area (Å²) in [4.78, 5) is 23.6. The third-order valence-corrected chi connectivity index (χ3v) is 7.25. The summed E-state index contributed by atoms with van der Waals surface area (Å²) < 4.78 is 68.5. The number of esters is 2. The maximum absolute atomic E-state index is 14.3. The van der Waals surface area contributed by atoms with Gasteiger partial charge in [0, 0.05) is 5.56 Å². The molecule has 0 aliphatic heterocycles. The lowest BCUT2D eigenvalue weighted by atomic mass is 9.91. The highest BCUT2D eigenvalue weighted by Crippen LogP contribution is 2.30. The van der Waals surface area contributed by atoms with Gasteiger partial charge in [-0.1, -0.05) is 48.6 Å². The van der Waals surface area contributed by atoms with Gasteiger partial charge in [-0.15, -0.1) is 0 Å². The van der Waals surface area contributed by atoms with E-state index in [1.54, 1.807) is 30.3 Å². The van der Waals surface area contributed by atoms with Crippen molar-refractivity contribution >= 4 is 18.0 Å². The number of alkyl halides is 3. The van der Waals surface area contributed by atoms with E-state index in [1.807, 2.05) is 30.3 Å². The molecule has 0 aromatic heterocycles. The van der Waals surface area contributed by atoms with Crippen LogP contribution in [0.5, 0.6) is 5.75 Å². The number of carbonyl (C=O) groups is 2. The molecule has 4 aromatic rings. The number of hydrogen-bond donors (Lipinski definition) is 0. The molecule has 4 rings (SSSR count). The van der Waals surface area contributed by atoms with Gasteiger partial charge in [-0.2, -0.15) is 13.2 Å². The Morgan fingerprint density at radius 1 is 0.756 bits per heavy atom. The SMILES string of the molecule is COC(=O)c1ccc(CCC(C=Cc2cc(F)ccc2OCc2ccc(C(F)(F)F)cc2)Cc2ccc(C(=O)OC)cc2)cc1. The molecule has 1 atom stereocenters. The second kappa shape index (κ2) is 15.2. The zero-order valence-electron chi connectivity index (χ0n) is 24.8. The minimum Gasteiger partial charge on any atom is -0.488 e. The monoisotopic (exact) mass is 620 g/mol. The molecule has 9 heteroatoms. The Bertz CT molecular complexity index is 1610. The van der Waals surface area contributed by atoms with E-state index in [1.165, 1.54) is 44.6 Å². The van der Waals surface area contributed by atoms with Crippen LogP contribution in [-0.4, -0.2) is 26.2 Å². The van der Waals surface area contributed by atoms with Crippen LogP contribution in [0.25, 0.3) is 6.08 Å². The van der Waals surface area contributed by atoms with Crippen molar-refractivity contribution in [3.63, 3.8) is 0 Å². The molecule has 4 aromatic carbocycles. The summed E-state index contributed by atoms with van der Waals surface area (Å²) in [6.07, 6.45) is 1.34. The normalized spacial score (nSPS) is 12.1. The van der Waals surface area contributed by atoms with Crippen molar-refractivity contribution in [2.45, 2.75) is 32.0 Å². The van der Waals surface area contributed by atoms with Crippen LogP contribution < -0.4 is 4.74 Å². The summed E-state index contributed by atoms with van der Waals surface area (Å²) in [5.41, 5.74) is 3.17. The minimum absolute atomic E-state index is 0.00213. The molecule has 5 nitrogen and oxygen atoms in total. The van der Waals surface area contributed by atoms with Crippen molar-refractivity contribution in [3.8, 4) is 5.75 Å². The predicted molar refractivity (Wildman–Crippen MR) is 162 cm³/mol. The van der Waals surface area contributed by atoms with Crippen molar-refractivity contribution in [3.05, 3.63) is 142 Å². The Kier molecular flexibility index (Phi) is 11.1. The van der Waals surface area contributed by atoms with Gasteiger partial charge >= 0.3 is 18.1 Å². The van der Waals surface area contributed by atoms with Crippen LogP contribution in [0.2, 0.25) is 0 Å². The highest BCUT2D eigenvalue weighted by atomic mass is 19.4. The van der Waals surface area contributed by atoms with E-state index in [0.29, 0.717) is 47.3 Å². The highest BCUT2D eigenvalue weighted by Gasteiger charge is 2.29. The first-order valence-electron chi connectivity index (χ1n) is 14.2. The molecule has 0 aliphatic carbocycles. The number of hydrogen-bond acceptors (Lipinski definition) is 5. The Morgan fingerprint density at radius 3 is 1.87 bits per heavy atom. The number of ether oxygens (including phenoxy) is 3. The lowest BCUT2D eigenvalue weighted by Gasteiger charge is -2.15. The van der Waals surface area contributed by atoms with Gasteiger partial charge in [0.15, 0.2) is 0 Å². The summed E-state index contributed by atoms with van der Waals surface area (Å²) in [5, 5.41) is 0. The molecule has 1 unspecified atom stereocenters. The second-order valence-corrected chi connectivity index (χ2v) is 10.4. The van der Waals surface area contributed by atoms with Crippen LogP contribution in [0, 0.1) is 11.7 Å². The number of methoxy groups -OCH3 is 2. The van der Waals surface area contributed by atoms with E-state index in [-0.39, 0.29) is 12.5 Å². The van der Waals surface area contributed by atoms with Crippen LogP contribution in [0.3, 0.4) is 0 Å². The molecule has 45 heavy (non-hydrogen) atoms. The standard InChI is InChI=1S/C36H32F4O5/c1-43-34(41)28-12-5-24(6-13-28)3-4-25(21-26-7-14-29(15-8-26)35(42)44-2)9-16-30-22-32(37)19-20-33(30)45-23-27-10-17-31(18-11-27)36(38,39)40/h5-20,22,25H,3-4,21,23H2,1-2H3. The van der Waals surface area contributed by atoms with Crippen LogP contribution in [0.1, 0.15) is 55.0 Å². The summed E-state index contributed by atoms with van der Waals surface area (Å²) in [6.45, 7) is 0.00213. The molecular formula is C36H32F4O5. The molecule has 0 bridgehead atoms. The van der Waals surface area contributed by atoms with E-state index in [0.717, 1.165) is 23.3 Å². The van der Waals surface area contributed by atoms with E-state index in [4.69, 9.17) is 14.2 Å². The number of halogens is 4. The fourth-order valence-corrected chi connectivity index (χ4v) is 4.71. The Hall–Kier alpha value is -4.92. The van der Waals surface area contributed by atoms with Crippen LogP contribution >= 0.6 is 0 Å². The predicted octanol–water partition coefficient (Wildman–Crippen LogP) is 8.50. The smallest absolute Gasteiger partial charge is 0.416 e. The van der Waals surface area contributed by atoms with Crippen molar-refractivity contribution in [2.75, 3.05) is 14.2 Å². The summed E-state index contributed by atoms with van der Waals surface area (Å²) in [7, 11) is 2.65. The van der Waals surface area contributed by atoms with E-state index < -0.39 is 29.5 Å². The van der Waals surface area contributed by atoms with E-state index in [2.05, 4.69) is 0 Å². The molecule has 234 valence electrons. The third kappa shape index (κ3) is 9.53. The quantitative estimate of drug-likeness (QED) is 0.117. The summed E-state index contributed by atoms with van der Waals surface area (Å²) in [5.74, 6) is -0.933. The first-order chi connectivity index (χ1) is 21.5. The molecule has 0 saturated heterocycles. The maximum Gasteiger partial charge on any atom is 0.416 e. The molecule has 0 saturated carbocycles. The summed E-state index contributed by atoms with van der Waals surface area (Å²) >= 11 is 0. The fraction of sp³-hybridized carbons (Fsp3) is 0.222. The van der Waals surface area contributed by atoms with Crippen LogP contribution in [0.15, 0.2) is 97.1 Å². The molecule has 0 heterocycles. The highest BCUT2D eigenvalue weighted by molar-refractivity contribution is 5.89. The van der Waals surface area contributed by atoms with Gasteiger partial charge in [-0.05, 0) is 96.5 Å². The fourth-order valence-electron chi connectivity index (χ4n) is 4.71. The van der Waals surface area contributed by atoms with Crippen LogP contribution in [0.4, 0.5) is 17.6 Å². The minimum atomic E-state index is -4.43. The molecular weight excluding hydrogens is 588 g/mol. The number of benzene rings is 4. The van der Waals surface area contributed by atoms with Crippen molar-refractivity contribution in [1.29, 1.82) is 0 Å². The topological polar surface area (TPSA) is 61.8 Å². The number of carbonyl (C=O) groups excluding carboxylic acids is 2. The van der Waals surface area contributed by atoms with Gasteiger partial charge in [0.2, 0.25) is 0 Å². The van der Waals surface area contributed by atoms with Crippen LogP contribution in [-0.2, 0) is 35.1 Å². The van der Waals surface area contributed by atoms with Crippen molar-refractivity contribution < 1.29 is 41.4 Å². The van der Waals surface area contributed by atoms with Crippen molar-refractivity contribution in [2.24, 2.45) is 5.92 Å². The molecule has 0 N–H and O–H groups in total. The van der Waals surface area contributed by atoms with E-state index >= 15 is 0 Å². The first kappa shape index (κ1) is 33.0. The lowest BCUT2D eigenvalue weighted by Crippen LogP contribution is -2.06. The maximum atomic E-state index is 14.3. The molecule has 0 aliphatic rings. The largest absolute Gasteiger partial charge is 0.488 e. The molecule has 0 radical (unpaired) electrons. The Balaban J connectivity index is 1.52. The van der Waals surface area contributed by atoms with Crippen molar-refractivity contribution in [1.82, 2.24) is 0 Å². The van der Waals surface area contributed by atoms with Gasteiger partial charge in [0.1, 0.15) is 18.2 Å². The number of rotatable bonds is 12. The van der Waals surface area contributed by atoms with Gasteiger partial charge in [0.05, 0.1) is 30.9 Å². The Morgan fingerprint density at radius 2 is 1.31 bits per heavy atom. The zero-order valence-corrected chi connectivity index (χ0v) is 24.8. The zero-order chi connectivity index (χ0) is 32.4. The first-order valence-corrected chi connectivity index (χ1v) is 14.2. The molecule has 0 fully saturated rings.